The summed E-state index contributed by atoms with van der Waals surface area (Å²) in [5.41, 5.74) is 0. The van der Waals surface area contributed by atoms with Gasteiger partial charge in [-0.05, 0) is 24.3 Å². The number of furan rings is 2. The highest BCUT2D eigenvalue weighted by atomic mass is 16.5. The van der Waals surface area contributed by atoms with Gasteiger partial charge in [0.1, 0.15) is 0 Å². The first kappa shape index (κ1) is 8.62. The second kappa shape index (κ2) is 3.83. The molecule has 0 atom stereocenters. The van der Waals surface area contributed by atoms with Crippen LogP contribution in [-0.2, 0) is 9.53 Å². The molecule has 4 heteroatoms. The second-order valence-corrected chi connectivity index (χ2v) is 2.64. The Hall–Kier alpha value is -1.97. The molecule has 0 fully saturated rings. The molecule has 14 heavy (non-hydrogen) atoms. The molecule has 2 aromatic rings. The molecule has 0 radical (unpaired) electrons. The van der Waals surface area contributed by atoms with Crippen LogP contribution in [0.4, 0.5) is 0 Å². The van der Waals surface area contributed by atoms with Gasteiger partial charge in [-0.1, -0.05) is 0 Å². The van der Waals surface area contributed by atoms with Crippen molar-refractivity contribution >= 4 is 6.47 Å². The first-order valence-electron chi connectivity index (χ1n) is 4.07. The summed E-state index contributed by atoms with van der Waals surface area (Å²) in [6, 6.07) is 6.88. The van der Waals surface area contributed by atoms with Crippen LogP contribution < -0.4 is 0 Å². The van der Waals surface area contributed by atoms with Crippen molar-refractivity contribution in [2.24, 2.45) is 0 Å². The molecule has 2 rings (SSSR count). The first-order chi connectivity index (χ1) is 6.92. The molecule has 0 aromatic carbocycles. The van der Waals surface area contributed by atoms with E-state index in [1.54, 1.807) is 24.3 Å². The third kappa shape index (κ3) is 1.54. The molecule has 0 aliphatic heterocycles. The van der Waals surface area contributed by atoms with E-state index >= 15 is 0 Å². The van der Waals surface area contributed by atoms with Crippen molar-refractivity contribution in [2.75, 3.05) is 0 Å². The highest BCUT2D eigenvalue weighted by Crippen LogP contribution is 2.25. The lowest BCUT2D eigenvalue weighted by molar-refractivity contribution is -0.133. The maximum absolute atomic E-state index is 10.3. The lowest BCUT2D eigenvalue weighted by atomic mass is 10.2. The zero-order chi connectivity index (χ0) is 9.80. The Balaban J connectivity index is 2.29. The SMILES string of the molecule is O=COC(c1ccco1)c1ccco1. The van der Waals surface area contributed by atoms with Crippen LogP contribution in [-0.4, -0.2) is 6.47 Å². The normalized spacial score (nSPS) is 10.4. The zero-order valence-corrected chi connectivity index (χ0v) is 7.25. The Kier molecular flexibility index (Phi) is 2.36. The number of ether oxygens (including phenoxy) is 1. The zero-order valence-electron chi connectivity index (χ0n) is 7.25. The van der Waals surface area contributed by atoms with Crippen molar-refractivity contribution in [3.63, 3.8) is 0 Å². The first-order valence-corrected chi connectivity index (χ1v) is 4.07. The Morgan fingerprint density at radius 2 is 1.71 bits per heavy atom. The third-order valence-corrected chi connectivity index (χ3v) is 1.79. The van der Waals surface area contributed by atoms with Crippen molar-refractivity contribution in [1.29, 1.82) is 0 Å². The molecule has 0 saturated carbocycles. The number of hydrogen-bond donors (Lipinski definition) is 0. The molecule has 0 aliphatic carbocycles. The van der Waals surface area contributed by atoms with Gasteiger partial charge in [-0.3, -0.25) is 4.79 Å². The molecule has 2 aromatic heterocycles. The van der Waals surface area contributed by atoms with E-state index in [1.165, 1.54) is 12.5 Å². The summed E-state index contributed by atoms with van der Waals surface area (Å²) in [4.78, 5) is 10.3. The van der Waals surface area contributed by atoms with E-state index in [-0.39, 0.29) is 0 Å². The minimum Gasteiger partial charge on any atom is -0.465 e. The van der Waals surface area contributed by atoms with E-state index in [4.69, 9.17) is 13.6 Å². The molecule has 0 saturated heterocycles. The van der Waals surface area contributed by atoms with Crippen LogP contribution in [0.3, 0.4) is 0 Å². The Bertz CT molecular complexity index is 340. The fraction of sp³-hybridized carbons (Fsp3) is 0.100. The summed E-state index contributed by atoms with van der Waals surface area (Å²) in [5.74, 6) is 1.07. The minimum absolute atomic E-state index is 0.371. The van der Waals surface area contributed by atoms with Gasteiger partial charge in [-0.25, -0.2) is 0 Å². The Labute approximate surface area is 80.1 Å². The van der Waals surface area contributed by atoms with Crippen LogP contribution in [0.5, 0.6) is 0 Å². The van der Waals surface area contributed by atoms with E-state index in [1.807, 2.05) is 0 Å². The maximum Gasteiger partial charge on any atom is 0.294 e. The monoisotopic (exact) mass is 192 g/mol. The molecule has 4 nitrogen and oxygen atoms in total. The van der Waals surface area contributed by atoms with Gasteiger partial charge in [0.05, 0.1) is 12.5 Å². The number of carbonyl (C=O) groups excluding carboxylic acids is 1. The van der Waals surface area contributed by atoms with Crippen molar-refractivity contribution in [2.45, 2.75) is 6.10 Å². The van der Waals surface area contributed by atoms with Crippen LogP contribution in [0.15, 0.2) is 45.6 Å². The average molecular weight is 192 g/mol. The average Bonchev–Trinajstić information content (AvgIpc) is 2.87. The van der Waals surface area contributed by atoms with Gasteiger partial charge >= 0.3 is 0 Å². The quantitative estimate of drug-likeness (QED) is 0.696. The summed E-state index contributed by atoms with van der Waals surface area (Å²) < 4.78 is 15.1. The summed E-state index contributed by atoms with van der Waals surface area (Å²) in [6.45, 7) is 0.371. The summed E-state index contributed by atoms with van der Waals surface area (Å²) in [6.07, 6.45) is 2.43. The van der Waals surface area contributed by atoms with Gasteiger partial charge < -0.3 is 13.6 Å². The molecule has 0 aliphatic rings. The lowest BCUT2D eigenvalue weighted by Gasteiger charge is -2.08. The van der Waals surface area contributed by atoms with Crippen molar-refractivity contribution in [3.8, 4) is 0 Å². The van der Waals surface area contributed by atoms with Crippen LogP contribution in [0, 0.1) is 0 Å². The molecule has 0 bridgehead atoms. The van der Waals surface area contributed by atoms with Gasteiger partial charge in [-0.15, -0.1) is 0 Å². The topological polar surface area (TPSA) is 52.6 Å². The molecule has 0 N–H and O–H groups in total. The standard InChI is InChI=1S/C10H8O4/c11-7-14-10(8-3-1-5-12-8)9-4-2-6-13-9/h1-7,10H. The van der Waals surface area contributed by atoms with Crippen molar-refractivity contribution < 1.29 is 18.4 Å². The van der Waals surface area contributed by atoms with Crippen molar-refractivity contribution in [3.05, 3.63) is 48.3 Å². The molecular formula is C10H8O4. The molecule has 0 amide bonds. The van der Waals surface area contributed by atoms with Gasteiger partial charge in [0.2, 0.25) is 6.10 Å². The highest BCUT2D eigenvalue weighted by Gasteiger charge is 2.20. The molecule has 0 unspecified atom stereocenters. The van der Waals surface area contributed by atoms with Crippen LogP contribution in [0.2, 0.25) is 0 Å². The highest BCUT2D eigenvalue weighted by molar-refractivity contribution is 5.39. The van der Waals surface area contributed by atoms with E-state index in [0.29, 0.717) is 18.0 Å². The van der Waals surface area contributed by atoms with Gasteiger partial charge in [0.15, 0.2) is 11.5 Å². The molecular weight excluding hydrogens is 184 g/mol. The second-order valence-electron chi connectivity index (χ2n) is 2.64. The Morgan fingerprint density at radius 1 is 1.14 bits per heavy atom. The third-order valence-electron chi connectivity index (χ3n) is 1.79. The van der Waals surface area contributed by atoms with E-state index in [0.717, 1.165) is 0 Å². The smallest absolute Gasteiger partial charge is 0.294 e. The minimum atomic E-state index is -0.600. The molecule has 0 spiro atoms. The fourth-order valence-electron chi connectivity index (χ4n) is 1.21. The van der Waals surface area contributed by atoms with Gasteiger partial charge in [-0.2, -0.15) is 0 Å². The van der Waals surface area contributed by atoms with Crippen LogP contribution >= 0.6 is 0 Å². The summed E-state index contributed by atoms with van der Waals surface area (Å²) in [7, 11) is 0. The lowest BCUT2D eigenvalue weighted by Crippen LogP contribution is -2.02. The maximum atomic E-state index is 10.3. The molecule has 72 valence electrons. The Morgan fingerprint density at radius 3 is 2.07 bits per heavy atom. The van der Waals surface area contributed by atoms with E-state index < -0.39 is 6.10 Å². The molecule has 2 heterocycles. The van der Waals surface area contributed by atoms with Gasteiger partial charge in [0, 0.05) is 0 Å². The summed E-state index contributed by atoms with van der Waals surface area (Å²) >= 11 is 0. The van der Waals surface area contributed by atoms with Crippen LogP contribution in [0.25, 0.3) is 0 Å². The number of rotatable bonds is 4. The predicted octanol–water partition coefficient (Wildman–Crippen LogP) is 2.13. The van der Waals surface area contributed by atoms with Crippen LogP contribution in [0.1, 0.15) is 17.6 Å². The van der Waals surface area contributed by atoms with E-state index in [9.17, 15) is 4.79 Å². The van der Waals surface area contributed by atoms with Crippen molar-refractivity contribution in [1.82, 2.24) is 0 Å². The summed E-state index contributed by atoms with van der Waals surface area (Å²) in [5, 5.41) is 0. The number of hydrogen-bond acceptors (Lipinski definition) is 4. The number of carbonyl (C=O) groups is 1. The van der Waals surface area contributed by atoms with Gasteiger partial charge in [0.25, 0.3) is 6.47 Å². The fourth-order valence-corrected chi connectivity index (χ4v) is 1.21. The predicted molar refractivity (Wildman–Crippen MR) is 46.4 cm³/mol. The largest absolute Gasteiger partial charge is 0.465 e. The van der Waals surface area contributed by atoms with E-state index in [2.05, 4.69) is 0 Å².